The SMILES string of the molecule is C[C@H](NC(=O)Nc1cc(F)cc(F)c1F)C(=O)O. The summed E-state index contributed by atoms with van der Waals surface area (Å²) in [4.78, 5) is 21.6. The molecule has 1 rings (SSSR count). The summed E-state index contributed by atoms with van der Waals surface area (Å²) in [5, 5.41) is 12.2. The molecule has 0 heterocycles. The fourth-order valence-electron chi connectivity index (χ4n) is 1.06. The maximum absolute atomic E-state index is 13.1. The molecular weight excluding hydrogens is 253 g/mol. The molecule has 0 unspecified atom stereocenters. The number of carboxylic acid groups (broad SMARTS) is 1. The minimum Gasteiger partial charge on any atom is -0.480 e. The highest BCUT2D eigenvalue weighted by Crippen LogP contribution is 2.18. The highest BCUT2D eigenvalue weighted by atomic mass is 19.2. The third kappa shape index (κ3) is 3.37. The van der Waals surface area contributed by atoms with Gasteiger partial charge in [0.1, 0.15) is 11.9 Å². The zero-order valence-electron chi connectivity index (χ0n) is 9.13. The van der Waals surface area contributed by atoms with E-state index in [1.54, 1.807) is 0 Å². The second kappa shape index (κ2) is 5.39. The normalized spacial score (nSPS) is 11.8. The van der Waals surface area contributed by atoms with Gasteiger partial charge in [-0.15, -0.1) is 0 Å². The van der Waals surface area contributed by atoms with Crippen LogP contribution < -0.4 is 10.6 Å². The molecule has 0 saturated carbocycles. The Morgan fingerprint density at radius 3 is 2.44 bits per heavy atom. The number of halogens is 3. The average Bonchev–Trinajstić information content (AvgIpc) is 2.24. The number of aliphatic carboxylic acids is 1. The molecule has 98 valence electrons. The Labute approximate surface area is 99.6 Å². The highest BCUT2D eigenvalue weighted by Gasteiger charge is 2.17. The van der Waals surface area contributed by atoms with Crippen LogP contribution in [0.4, 0.5) is 23.7 Å². The van der Waals surface area contributed by atoms with Crippen molar-refractivity contribution in [2.75, 3.05) is 5.32 Å². The smallest absolute Gasteiger partial charge is 0.325 e. The number of carbonyl (C=O) groups is 2. The van der Waals surface area contributed by atoms with Crippen LogP contribution in [-0.4, -0.2) is 23.1 Å². The van der Waals surface area contributed by atoms with Crippen LogP contribution in [0.5, 0.6) is 0 Å². The zero-order valence-corrected chi connectivity index (χ0v) is 9.13. The molecule has 0 aliphatic carbocycles. The summed E-state index contributed by atoms with van der Waals surface area (Å²) in [5.41, 5.74) is -0.720. The molecule has 0 aliphatic rings. The zero-order chi connectivity index (χ0) is 13.9. The van der Waals surface area contributed by atoms with Gasteiger partial charge in [-0.2, -0.15) is 0 Å². The first kappa shape index (κ1) is 13.8. The van der Waals surface area contributed by atoms with Gasteiger partial charge in [-0.25, -0.2) is 18.0 Å². The van der Waals surface area contributed by atoms with Crippen molar-refractivity contribution in [3.8, 4) is 0 Å². The number of amides is 2. The average molecular weight is 262 g/mol. The molecule has 5 nitrogen and oxygen atoms in total. The van der Waals surface area contributed by atoms with Crippen LogP contribution >= 0.6 is 0 Å². The molecule has 1 aromatic carbocycles. The van der Waals surface area contributed by atoms with Crippen LogP contribution in [0.25, 0.3) is 0 Å². The summed E-state index contributed by atoms with van der Waals surface area (Å²) in [6, 6.07) is -1.43. The van der Waals surface area contributed by atoms with Gasteiger partial charge in [-0.05, 0) is 6.92 Å². The molecule has 0 saturated heterocycles. The quantitative estimate of drug-likeness (QED) is 0.725. The predicted molar refractivity (Wildman–Crippen MR) is 55.6 cm³/mol. The van der Waals surface area contributed by atoms with Crippen molar-refractivity contribution >= 4 is 17.7 Å². The van der Waals surface area contributed by atoms with Crippen LogP contribution in [0.1, 0.15) is 6.92 Å². The summed E-state index contributed by atoms with van der Waals surface area (Å²) in [7, 11) is 0. The monoisotopic (exact) mass is 262 g/mol. The van der Waals surface area contributed by atoms with Gasteiger partial charge in [0.25, 0.3) is 0 Å². The Morgan fingerprint density at radius 1 is 1.28 bits per heavy atom. The van der Waals surface area contributed by atoms with Crippen LogP contribution in [0.3, 0.4) is 0 Å². The van der Waals surface area contributed by atoms with E-state index in [1.807, 2.05) is 10.6 Å². The molecule has 0 bridgehead atoms. The summed E-state index contributed by atoms with van der Waals surface area (Å²) >= 11 is 0. The van der Waals surface area contributed by atoms with Crippen molar-refractivity contribution < 1.29 is 27.9 Å². The molecule has 0 fully saturated rings. The van der Waals surface area contributed by atoms with Gasteiger partial charge in [-0.3, -0.25) is 4.79 Å². The van der Waals surface area contributed by atoms with E-state index < -0.39 is 41.2 Å². The Bertz CT molecular complexity index is 494. The molecule has 1 aromatic rings. The summed E-state index contributed by atoms with van der Waals surface area (Å²) in [6.45, 7) is 1.17. The van der Waals surface area contributed by atoms with Crippen LogP contribution in [0.2, 0.25) is 0 Å². The van der Waals surface area contributed by atoms with Gasteiger partial charge >= 0.3 is 12.0 Å². The van der Waals surface area contributed by atoms with Crippen LogP contribution in [0.15, 0.2) is 12.1 Å². The van der Waals surface area contributed by atoms with E-state index in [1.165, 1.54) is 6.92 Å². The second-order valence-electron chi connectivity index (χ2n) is 3.41. The molecule has 8 heteroatoms. The molecule has 18 heavy (non-hydrogen) atoms. The molecule has 2 amide bonds. The van der Waals surface area contributed by atoms with Gasteiger partial charge in [0.15, 0.2) is 11.6 Å². The predicted octanol–water partition coefficient (Wildman–Crippen LogP) is 1.70. The topological polar surface area (TPSA) is 78.4 Å². The Balaban J connectivity index is 2.79. The standard InChI is InChI=1S/C10H9F3N2O3/c1-4(9(16)17)14-10(18)15-7-3-5(11)2-6(12)8(7)13/h2-4H,1H3,(H,16,17)(H2,14,15,18)/t4-/m0/s1. The van der Waals surface area contributed by atoms with Gasteiger partial charge in [0, 0.05) is 12.1 Å². The van der Waals surface area contributed by atoms with Crippen LogP contribution in [0, 0.1) is 17.5 Å². The van der Waals surface area contributed by atoms with E-state index >= 15 is 0 Å². The lowest BCUT2D eigenvalue weighted by Gasteiger charge is -2.11. The lowest BCUT2D eigenvalue weighted by molar-refractivity contribution is -0.138. The number of anilines is 1. The first-order valence-electron chi connectivity index (χ1n) is 4.76. The van der Waals surface area contributed by atoms with Crippen molar-refractivity contribution in [2.24, 2.45) is 0 Å². The minimum atomic E-state index is -1.46. The largest absolute Gasteiger partial charge is 0.480 e. The van der Waals surface area contributed by atoms with Crippen molar-refractivity contribution in [3.63, 3.8) is 0 Å². The summed E-state index contributed by atoms with van der Waals surface area (Å²) < 4.78 is 38.7. The number of carbonyl (C=O) groups excluding carboxylic acids is 1. The van der Waals surface area contributed by atoms with Crippen molar-refractivity contribution in [3.05, 3.63) is 29.6 Å². The number of hydrogen-bond acceptors (Lipinski definition) is 2. The Morgan fingerprint density at radius 2 is 1.89 bits per heavy atom. The summed E-state index contributed by atoms with van der Waals surface area (Å²) in [5.74, 6) is -5.28. The van der Waals surface area contributed by atoms with Gasteiger partial charge in [-0.1, -0.05) is 0 Å². The third-order valence-corrected chi connectivity index (χ3v) is 1.96. The van der Waals surface area contributed by atoms with Crippen molar-refractivity contribution in [1.82, 2.24) is 5.32 Å². The van der Waals surface area contributed by atoms with E-state index in [9.17, 15) is 22.8 Å². The molecular formula is C10H9F3N2O3. The molecule has 0 aromatic heterocycles. The molecule has 0 radical (unpaired) electrons. The van der Waals surface area contributed by atoms with Gasteiger partial charge in [0.05, 0.1) is 5.69 Å². The highest BCUT2D eigenvalue weighted by molar-refractivity contribution is 5.92. The fourth-order valence-corrected chi connectivity index (χ4v) is 1.06. The van der Waals surface area contributed by atoms with E-state index in [0.29, 0.717) is 12.1 Å². The number of hydrogen-bond donors (Lipinski definition) is 3. The van der Waals surface area contributed by atoms with E-state index in [2.05, 4.69) is 0 Å². The fraction of sp³-hybridized carbons (Fsp3) is 0.200. The lowest BCUT2D eigenvalue weighted by Crippen LogP contribution is -2.41. The van der Waals surface area contributed by atoms with Crippen molar-refractivity contribution in [1.29, 1.82) is 0 Å². The Hall–Kier alpha value is -2.25. The number of urea groups is 1. The third-order valence-electron chi connectivity index (χ3n) is 1.96. The Kier molecular flexibility index (Phi) is 4.13. The number of benzene rings is 1. The van der Waals surface area contributed by atoms with Gasteiger partial charge < -0.3 is 15.7 Å². The second-order valence-corrected chi connectivity index (χ2v) is 3.41. The molecule has 3 N–H and O–H groups in total. The minimum absolute atomic E-state index is 0.318. The number of rotatable bonds is 3. The summed E-state index contributed by atoms with van der Waals surface area (Å²) in [6.07, 6.45) is 0. The van der Waals surface area contributed by atoms with Crippen molar-refractivity contribution in [2.45, 2.75) is 13.0 Å². The van der Waals surface area contributed by atoms with Crippen LogP contribution in [-0.2, 0) is 4.79 Å². The molecule has 1 atom stereocenters. The lowest BCUT2D eigenvalue weighted by atomic mass is 10.3. The maximum Gasteiger partial charge on any atom is 0.325 e. The number of carboxylic acids is 1. The van der Waals surface area contributed by atoms with E-state index in [-0.39, 0.29) is 0 Å². The van der Waals surface area contributed by atoms with Gasteiger partial charge in [0.2, 0.25) is 0 Å². The maximum atomic E-state index is 13.1. The number of nitrogens with one attached hydrogen (secondary N) is 2. The van der Waals surface area contributed by atoms with E-state index in [0.717, 1.165) is 0 Å². The van der Waals surface area contributed by atoms with E-state index in [4.69, 9.17) is 5.11 Å². The molecule has 0 aliphatic heterocycles. The molecule has 0 spiro atoms. The first-order chi connectivity index (χ1) is 8.31. The first-order valence-corrected chi connectivity index (χ1v) is 4.76.